The third-order valence-electron chi connectivity index (χ3n) is 4.04. The summed E-state index contributed by atoms with van der Waals surface area (Å²) in [6, 6.07) is 0.232. The lowest BCUT2D eigenvalue weighted by atomic mass is 10.1. The number of nitrogens with one attached hydrogen (secondary N) is 1. The van der Waals surface area contributed by atoms with Crippen molar-refractivity contribution in [2.75, 3.05) is 44.4 Å². The van der Waals surface area contributed by atoms with Crippen LogP contribution in [0.15, 0.2) is 0 Å². The van der Waals surface area contributed by atoms with Crippen molar-refractivity contribution in [2.24, 2.45) is 0 Å². The fourth-order valence-corrected chi connectivity index (χ4v) is 5.08. The van der Waals surface area contributed by atoms with Crippen LogP contribution in [0.3, 0.4) is 0 Å². The number of ether oxygens (including phenoxy) is 1. The fraction of sp³-hybridized carbons (Fsp3) is 1.00. The van der Waals surface area contributed by atoms with E-state index in [0.717, 1.165) is 19.6 Å². The van der Waals surface area contributed by atoms with E-state index in [1.807, 2.05) is 6.92 Å². The Morgan fingerprint density at radius 3 is 2.63 bits per heavy atom. The van der Waals surface area contributed by atoms with Crippen molar-refractivity contribution in [1.82, 2.24) is 10.2 Å². The molecule has 1 N–H and O–H groups in total. The number of sulfone groups is 1. The molecule has 0 amide bonds. The first-order valence-corrected chi connectivity index (χ1v) is 9.20. The van der Waals surface area contributed by atoms with E-state index in [4.69, 9.17) is 4.74 Å². The lowest BCUT2D eigenvalue weighted by Gasteiger charge is -2.35. The van der Waals surface area contributed by atoms with Crippen LogP contribution in [0.25, 0.3) is 0 Å². The normalized spacial score (nSPS) is 31.6. The molecule has 2 fully saturated rings. The summed E-state index contributed by atoms with van der Waals surface area (Å²) in [5.74, 6) is 0.597. The van der Waals surface area contributed by atoms with Crippen molar-refractivity contribution in [3.05, 3.63) is 0 Å². The van der Waals surface area contributed by atoms with Crippen molar-refractivity contribution in [1.29, 1.82) is 0 Å². The molecular formula is C13H26N2O3S. The van der Waals surface area contributed by atoms with E-state index in [9.17, 15) is 8.42 Å². The summed E-state index contributed by atoms with van der Waals surface area (Å²) in [5, 5.41) is 3.37. The van der Waals surface area contributed by atoms with Gasteiger partial charge in [0.25, 0.3) is 0 Å². The van der Waals surface area contributed by atoms with Crippen LogP contribution in [-0.2, 0) is 14.6 Å². The highest BCUT2D eigenvalue weighted by Crippen LogP contribution is 2.22. The molecule has 2 saturated heterocycles. The number of rotatable bonds is 6. The summed E-state index contributed by atoms with van der Waals surface area (Å²) in [7, 11) is -2.88. The van der Waals surface area contributed by atoms with E-state index in [1.54, 1.807) is 0 Å². The van der Waals surface area contributed by atoms with Crippen molar-refractivity contribution in [2.45, 2.75) is 38.3 Å². The molecule has 0 aromatic rings. The minimum atomic E-state index is -2.88. The lowest BCUT2D eigenvalue weighted by Crippen LogP contribution is -2.51. The fourth-order valence-electron chi connectivity index (χ4n) is 3.09. The van der Waals surface area contributed by atoms with Gasteiger partial charge in [-0.2, -0.15) is 0 Å². The third kappa shape index (κ3) is 4.41. The number of hydrogen-bond donors (Lipinski definition) is 1. The van der Waals surface area contributed by atoms with E-state index in [0.29, 0.717) is 19.0 Å². The summed E-state index contributed by atoms with van der Waals surface area (Å²) in [6.45, 7) is 6.16. The predicted octanol–water partition coefficient (Wildman–Crippen LogP) is 0.264. The Kier molecular flexibility index (Phi) is 5.62. The second-order valence-corrected chi connectivity index (χ2v) is 7.65. The zero-order chi connectivity index (χ0) is 13.7. The van der Waals surface area contributed by atoms with Crippen LogP contribution in [0.5, 0.6) is 0 Å². The monoisotopic (exact) mass is 290 g/mol. The van der Waals surface area contributed by atoms with Crippen LogP contribution in [0.2, 0.25) is 0 Å². The van der Waals surface area contributed by atoms with Gasteiger partial charge in [-0.1, -0.05) is 6.42 Å². The molecule has 2 atom stereocenters. The third-order valence-corrected chi connectivity index (χ3v) is 5.76. The molecule has 2 aliphatic rings. The van der Waals surface area contributed by atoms with Gasteiger partial charge >= 0.3 is 0 Å². The Balaban J connectivity index is 1.89. The maximum atomic E-state index is 11.9. The average molecular weight is 290 g/mol. The first kappa shape index (κ1) is 15.2. The first-order chi connectivity index (χ1) is 9.12. The zero-order valence-electron chi connectivity index (χ0n) is 11.8. The highest BCUT2D eigenvalue weighted by molar-refractivity contribution is 7.91. The van der Waals surface area contributed by atoms with E-state index in [1.165, 1.54) is 19.3 Å². The van der Waals surface area contributed by atoms with Crippen molar-refractivity contribution in [3.63, 3.8) is 0 Å². The van der Waals surface area contributed by atoms with Crippen LogP contribution >= 0.6 is 0 Å². The molecule has 19 heavy (non-hydrogen) atoms. The van der Waals surface area contributed by atoms with Gasteiger partial charge in [0, 0.05) is 25.2 Å². The highest BCUT2D eigenvalue weighted by atomic mass is 32.2. The topological polar surface area (TPSA) is 58.6 Å². The van der Waals surface area contributed by atoms with E-state index < -0.39 is 9.84 Å². The van der Waals surface area contributed by atoms with Gasteiger partial charge < -0.3 is 10.1 Å². The number of hydrogen-bond acceptors (Lipinski definition) is 5. The maximum Gasteiger partial charge on any atom is 0.153 e. The molecule has 2 rings (SSSR count). The van der Waals surface area contributed by atoms with E-state index in [-0.39, 0.29) is 17.8 Å². The standard InChI is InChI=1S/C13H26N2O3S/c1-2-18-9-6-14-12-10-19(16,17)11-13(12)15-7-4-3-5-8-15/h12-14H,2-11H2,1H3. The van der Waals surface area contributed by atoms with Crippen LogP contribution < -0.4 is 5.32 Å². The van der Waals surface area contributed by atoms with Crippen molar-refractivity contribution < 1.29 is 13.2 Å². The molecule has 2 aliphatic heterocycles. The van der Waals surface area contributed by atoms with Gasteiger partial charge in [0.05, 0.1) is 18.1 Å². The summed E-state index contributed by atoms with van der Waals surface area (Å²) >= 11 is 0. The van der Waals surface area contributed by atoms with Crippen LogP contribution in [0.4, 0.5) is 0 Å². The Morgan fingerprint density at radius 1 is 1.21 bits per heavy atom. The minimum Gasteiger partial charge on any atom is -0.380 e. The maximum absolute atomic E-state index is 11.9. The lowest BCUT2D eigenvalue weighted by molar-refractivity contribution is 0.131. The second-order valence-electron chi connectivity index (χ2n) is 5.50. The van der Waals surface area contributed by atoms with Crippen LogP contribution in [0, 0.1) is 0 Å². The Labute approximate surface area is 116 Å². The molecule has 0 aromatic carbocycles. The summed E-state index contributed by atoms with van der Waals surface area (Å²) < 4.78 is 29.1. The summed E-state index contributed by atoms with van der Waals surface area (Å²) in [4.78, 5) is 2.37. The molecule has 0 aromatic heterocycles. The minimum absolute atomic E-state index is 0.0727. The summed E-state index contributed by atoms with van der Waals surface area (Å²) in [6.07, 6.45) is 3.67. The van der Waals surface area contributed by atoms with Gasteiger partial charge in [0.15, 0.2) is 9.84 Å². The second kappa shape index (κ2) is 7.02. The highest BCUT2D eigenvalue weighted by Gasteiger charge is 2.40. The van der Waals surface area contributed by atoms with Gasteiger partial charge in [0.2, 0.25) is 0 Å². The molecule has 0 aliphatic carbocycles. The van der Waals surface area contributed by atoms with E-state index >= 15 is 0 Å². The van der Waals surface area contributed by atoms with Gasteiger partial charge in [-0.3, -0.25) is 4.90 Å². The number of likely N-dealkylation sites (tertiary alicyclic amines) is 1. The quantitative estimate of drug-likeness (QED) is 0.711. The molecule has 0 bridgehead atoms. The smallest absolute Gasteiger partial charge is 0.153 e. The average Bonchev–Trinajstić information content (AvgIpc) is 2.71. The molecule has 2 heterocycles. The molecular weight excluding hydrogens is 264 g/mol. The van der Waals surface area contributed by atoms with E-state index in [2.05, 4.69) is 10.2 Å². The van der Waals surface area contributed by atoms with Gasteiger partial charge in [-0.05, 0) is 32.9 Å². The Morgan fingerprint density at radius 2 is 1.95 bits per heavy atom. The molecule has 6 heteroatoms. The molecule has 0 saturated carbocycles. The van der Waals surface area contributed by atoms with Gasteiger partial charge in [-0.15, -0.1) is 0 Å². The SMILES string of the molecule is CCOCCNC1CS(=O)(=O)CC1N1CCCCC1. The number of piperidine rings is 1. The predicted molar refractivity (Wildman–Crippen MR) is 76.1 cm³/mol. The van der Waals surface area contributed by atoms with Crippen molar-refractivity contribution >= 4 is 9.84 Å². The van der Waals surface area contributed by atoms with Crippen molar-refractivity contribution in [3.8, 4) is 0 Å². The first-order valence-electron chi connectivity index (χ1n) is 7.38. The molecule has 0 radical (unpaired) electrons. The van der Waals surface area contributed by atoms with Crippen LogP contribution in [0.1, 0.15) is 26.2 Å². The summed E-state index contributed by atoms with van der Waals surface area (Å²) in [5.41, 5.74) is 0. The van der Waals surface area contributed by atoms with Crippen LogP contribution in [-0.4, -0.2) is 69.8 Å². The largest absolute Gasteiger partial charge is 0.380 e. The Hall–Kier alpha value is -0.170. The van der Waals surface area contributed by atoms with Gasteiger partial charge in [0.1, 0.15) is 0 Å². The molecule has 2 unspecified atom stereocenters. The number of nitrogens with zero attached hydrogens (tertiary/aromatic N) is 1. The molecule has 112 valence electrons. The molecule has 0 spiro atoms. The Bertz CT molecular complexity index is 366. The zero-order valence-corrected chi connectivity index (χ0v) is 12.6. The molecule has 5 nitrogen and oxygen atoms in total. The van der Waals surface area contributed by atoms with Gasteiger partial charge in [-0.25, -0.2) is 8.42 Å².